The molecule has 3 nitrogen and oxygen atoms in total. The quantitative estimate of drug-likeness (QED) is 0.480. The number of rotatable bonds is 6. The molecule has 1 heterocycles. The van der Waals surface area contributed by atoms with Crippen molar-refractivity contribution in [1.29, 1.82) is 0 Å². The second-order valence-electron chi connectivity index (χ2n) is 5.10. The van der Waals surface area contributed by atoms with Crippen molar-refractivity contribution in [2.75, 3.05) is 0 Å². The number of hydrogen-bond donors (Lipinski definition) is 0. The summed E-state index contributed by atoms with van der Waals surface area (Å²) in [4.78, 5) is 0. The molecule has 0 N–H and O–H groups in total. The molecule has 2 aromatic carbocycles. The summed E-state index contributed by atoms with van der Waals surface area (Å²) in [6, 6.07) is 12.8. The van der Waals surface area contributed by atoms with Gasteiger partial charge in [0, 0.05) is 12.3 Å². The summed E-state index contributed by atoms with van der Waals surface area (Å²) >= 11 is 1.46. The molecule has 0 saturated heterocycles. The van der Waals surface area contributed by atoms with Crippen LogP contribution >= 0.6 is 11.8 Å². The molecule has 0 saturated carbocycles. The SMILES string of the molecule is C=CCn1c(SCc2ccc(F)cc2)nnc1-c1ccccc1F. The van der Waals surface area contributed by atoms with Crippen LogP contribution in [0.3, 0.4) is 0 Å². The van der Waals surface area contributed by atoms with E-state index in [2.05, 4.69) is 16.8 Å². The van der Waals surface area contributed by atoms with Crippen molar-refractivity contribution in [2.45, 2.75) is 17.5 Å². The first-order valence-electron chi connectivity index (χ1n) is 7.35. The predicted molar refractivity (Wildman–Crippen MR) is 91.6 cm³/mol. The van der Waals surface area contributed by atoms with Crippen LogP contribution < -0.4 is 0 Å². The van der Waals surface area contributed by atoms with Crippen LogP contribution in [0.25, 0.3) is 11.4 Å². The highest BCUT2D eigenvalue weighted by atomic mass is 32.2. The van der Waals surface area contributed by atoms with Gasteiger partial charge in [-0.3, -0.25) is 4.57 Å². The van der Waals surface area contributed by atoms with Gasteiger partial charge in [0.2, 0.25) is 0 Å². The molecule has 0 bridgehead atoms. The molecule has 0 spiro atoms. The maximum atomic E-state index is 14.0. The van der Waals surface area contributed by atoms with Crippen molar-refractivity contribution in [1.82, 2.24) is 14.8 Å². The molecule has 0 radical (unpaired) electrons. The van der Waals surface area contributed by atoms with E-state index in [-0.39, 0.29) is 11.6 Å². The van der Waals surface area contributed by atoms with Crippen LogP contribution in [-0.4, -0.2) is 14.8 Å². The number of thioether (sulfide) groups is 1. The Hall–Kier alpha value is -2.47. The summed E-state index contributed by atoms with van der Waals surface area (Å²) in [6.07, 6.45) is 1.72. The Morgan fingerprint density at radius 2 is 1.79 bits per heavy atom. The van der Waals surface area contributed by atoms with Crippen LogP contribution in [0.2, 0.25) is 0 Å². The van der Waals surface area contributed by atoms with Crippen molar-refractivity contribution < 1.29 is 8.78 Å². The molecule has 0 aliphatic rings. The Labute approximate surface area is 143 Å². The van der Waals surface area contributed by atoms with Crippen LogP contribution in [-0.2, 0) is 12.3 Å². The monoisotopic (exact) mass is 343 g/mol. The van der Waals surface area contributed by atoms with E-state index in [9.17, 15) is 8.78 Å². The van der Waals surface area contributed by atoms with Gasteiger partial charge in [-0.05, 0) is 29.8 Å². The van der Waals surface area contributed by atoms with Gasteiger partial charge < -0.3 is 0 Å². The number of nitrogens with zero attached hydrogens (tertiary/aromatic N) is 3. The third-order valence-corrected chi connectivity index (χ3v) is 4.46. The molecule has 0 aliphatic heterocycles. The fourth-order valence-electron chi connectivity index (χ4n) is 2.26. The van der Waals surface area contributed by atoms with E-state index in [0.717, 1.165) is 5.56 Å². The first kappa shape index (κ1) is 16.4. The van der Waals surface area contributed by atoms with E-state index < -0.39 is 0 Å². The molecule has 1 aromatic heterocycles. The number of allylic oxidation sites excluding steroid dienone is 1. The molecule has 0 fully saturated rings. The fraction of sp³-hybridized carbons (Fsp3) is 0.111. The van der Waals surface area contributed by atoms with Gasteiger partial charge in [0.05, 0.1) is 5.56 Å². The van der Waals surface area contributed by atoms with Gasteiger partial charge in [0.15, 0.2) is 11.0 Å². The molecule has 0 unspecified atom stereocenters. The standard InChI is InChI=1S/C18H15F2N3S/c1-2-11-23-17(15-5-3-4-6-16(15)20)21-22-18(23)24-12-13-7-9-14(19)10-8-13/h2-10H,1,11-12H2. The van der Waals surface area contributed by atoms with Crippen LogP contribution in [0, 0.1) is 11.6 Å². The lowest BCUT2D eigenvalue weighted by Gasteiger charge is -2.08. The second kappa shape index (κ2) is 7.40. The molecule has 24 heavy (non-hydrogen) atoms. The Kier molecular flexibility index (Phi) is 5.05. The Morgan fingerprint density at radius 1 is 1.04 bits per heavy atom. The Bertz CT molecular complexity index is 844. The molecule has 3 aromatic rings. The molecule has 122 valence electrons. The lowest BCUT2D eigenvalue weighted by Crippen LogP contribution is -2.01. The summed E-state index contributed by atoms with van der Waals surface area (Å²) in [5, 5.41) is 8.97. The largest absolute Gasteiger partial charge is 0.298 e. The van der Waals surface area contributed by atoms with Crippen LogP contribution in [0.4, 0.5) is 8.78 Å². The van der Waals surface area contributed by atoms with E-state index in [1.165, 1.54) is 30.0 Å². The number of hydrogen-bond acceptors (Lipinski definition) is 3. The Balaban J connectivity index is 1.87. The fourth-order valence-corrected chi connectivity index (χ4v) is 3.16. The zero-order valence-corrected chi connectivity index (χ0v) is 13.6. The van der Waals surface area contributed by atoms with Crippen molar-refractivity contribution in [3.63, 3.8) is 0 Å². The van der Waals surface area contributed by atoms with Gasteiger partial charge in [-0.2, -0.15) is 0 Å². The number of aromatic nitrogens is 3. The smallest absolute Gasteiger partial charge is 0.192 e. The molecule has 6 heteroatoms. The summed E-state index contributed by atoms with van der Waals surface area (Å²) in [6.45, 7) is 4.22. The molecule has 0 amide bonds. The van der Waals surface area contributed by atoms with Crippen molar-refractivity contribution in [3.8, 4) is 11.4 Å². The predicted octanol–water partition coefficient (Wildman–Crippen LogP) is 4.70. The average Bonchev–Trinajstić information content (AvgIpc) is 2.98. The first-order valence-corrected chi connectivity index (χ1v) is 8.34. The minimum absolute atomic E-state index is 0.264. The normalized spacial score (nSPS) is 10.8. The maximum absolute atomic E-state index is 14.0. The van der Waals surface area contributed by atoms with E-state index >= 15 is 0 Å². The van der Waals surface area contributed by atoms with E-state index in [4.69, 9.17) is 0 Å². The minimum atomic E-state index is -0.342. The number of halogens is 2. The van der Waals surface area contributed by atoms with Crippen LogP contribution in [0.5, 0.6) is 0 Å². The maximum Gasteiger partial charge on any atom is 0.192 e. The van der Waals surface area contributed by atoms with Crippen molar-refractivity contribution in [3.05, 3.63) is 78.4 Å². The Morgan fingerprint density at radius 3 is 2.50 bits per heavy atom. The van der Waals surface area contributed by atoms with Crippen molar-refractivity contribution in [2.24, 2.45) is 0 Å². The average molecular weight is 343 g/mol. The molecule has 3 rings (SSSR count). The van der Waals surface area contributed by atoms with E-state index in [0.29, 0.717) is 28.8 Å². The van der Waals surface area contributed by atoms with Gasteiger partial charge >= 0.3 is 0 Å². The van der Waals surface area contributed by atoms with Gasteiger partial charge in [-0.1, -0.05) is 42.1 Å². The zero-order chi connectivity index (χ0) is 16.9. The van der Waals surface area contributed by atoms with Gasteiger partial charge in [0.1, 0.15) is 11.6 Å². The van der Waals surface area contributed by atoms with Gasteiger partial charge in [0.25, 0.3) is 0 Å². The lowest BCUT2D eigenvalue weighted by atomic mass is 10.2. The van der Waals surface area contributed by atoms with Crippen molar-refractivity contribution >= 4 is 11.8 Å². The van der Waals surface area contributed by atoms with Crippen LogP contribution in [0.15, 0.2) is 66.3 Å². The molecular formula is C18H15F2N3S. The second-order valence-corrected chi connectivity index (χ2v) is 6.04. The highest BCUT2D eigenvalue weighted by Crippen LogP contribution is 2.27. The summed E-state index contributed by atoms with van der Waals surface area (Å²) < 4.78 is 28.8. The lowest BCUT2D eigenvalue weighted by molar-refractivity contribution is 0.626. The first-order chi connectivity index (χ1) is 11.7. The third-order valence-electron chi connectivity index (χ3n) is 3.42. The van der Waals surface area contributed by atoms with E-state index in [1.54, 1.807) is 36.4 Å². The highest BCUT2D eigenvalue weighted by molar-refractivity contribution is 7.98. The van der Waals surface area contributed by atoms with Crippen LogP contribution in [0.1, 0.15) is 5.56 Å². The summed E-state index contributed by atoms with van der Waals surface area (Å²) in [7, 11) is 0. The highest BCUT2D eigenvalue weighted by Gasteiger charge is 2.16. The topological polar surface area (TPSA) is 30.7 Å². The van der Waals surface area contributed by atoms with E-state index in [1.807, 2.05) is 4.57 Å². The summed E-state index contributed by atoms with van der Waals surface area (Å²) in [5.74, 6) is 0.479. The third kappa shape index (κ3) is 3.54. The van der Waals surface area contributed by atoms with Gasteiger partial charge in [-0.15, -0.1) is 16.8 Å². The number of benzene rings is 2. The minimum Gasteiger partial charge on any atom is -0.298 e. The zero-order valence-electron chi connectivity index (χ0n) is 12.8. The van der Waals surface area contributed by atoms with Gasteiger partial charge in [-0.25, -0.2) is 8.78 Å². The molecule has 0 atom stereocenters. The summed E-state index contributed by atoms with van der Waals surface area (Å²) in [5.41, 5.74) is 1.38. The molecule has 0 aliphatic carbocycles. The molecular weight excluding hydrogens is 328 g/mol.